The second kappa shape index (κ2) is 8.37. The largest absolute Gasteiger partial charge is 0.364 e. The van der Waals surface area contributed by atoms with Crippen LogP contribution in [0.25, 0.3) is 6.08 Å². The molecule has 0 aliphatic carbocycles. The van der Waals surface area contributed by atoms with Gasteiger partial charge in [-0.3, -0.25) is 14.9 Å². The molecule has 1 atom stereocenters. The summed E-state index contributed by atoms with van der Waals surface area (Å²) in [4.78, 5) is 29.3. The number of amides is 2. The lowest BCUT2D eigenvalue weighted by Crippen LogP contribution is -2.54. The zero-order valence-electron chi connectivity index (χ0n) is 19.5. The third-order valence-corrected chi connectivity index (χ3v) is 6.61. The van der Waals surface area contributed by atoms with E-state index in [2.05, 4.69) is 50.9 Å². The molecule has 2 aliphatic heterocycles. The van der Waals surface area contributed by atoms with Crippen molar-refractivity contribution in [3.05, 3.63) is 65.0 Å². The summed E-state index contributed by atoms with van der Waals surface area (Å²) in [5.41, 5.74) is 3.04. The van der Waals surface area contributed by atoms with Gasteiger partial charge < -0.3 is 4.90 Å². The smallest absolute Gasteiger partial charge is 0.270 e. The minimum atomic E-state index is -0.649. The fraction of sp³-hybridized carbons (Fsp3) is 0.346. The van der Waals surface area contributed by atoms with E-state index in [1.165, 1.54) is 29.4 Å². The van der Waals surface area contributed by atoms with Gasteiger partial charge in [0, 0.05) is 17.3 Å². The molecule has 0 radical (unpaired) electrons. The van der Waals surface area contributed by atoms with Crippen LogP contribution in [0, 0.1) is 5.82 Å². The number of para-hydroxylation sites is 1. The second-order valence-electron chi connectivity index (χ2n) is 9.61. The van der Waals surface area contributed by atoms with Crippen LogP contribution >= 0.6 is 12.2 Å². The molecule has 0 bridgehead atoms. The van der Waals surface area contributed by atoms with Crippen LogP contribution in [0.5, 0.6) is 0 Å². The van der Waals surface area contributed by atoms with Crippen molar-refractivity contribution in [2.24, 2.45) is 0 Å². The van der Waals surface area contributed by atoms with Gasteiger partial charge in [0.1, 0.15) is 11.4 Å². The number of hydrogen-bond donors (Lipinski definition) is 1. The maximum atomic E-state index is 14.4. The quantitative estimate of drug-likeness (QED) is 0.387. The highest BCUT2D eigenvalue weighted by Crippen LogP contribution is 2.44. The third kappa shape index (κ3) is 4.06. The first-order valence-corrected chi connectivity index (χ1v) is 11.5. The number of anilines is 2. The molecule has 2 heterocycles. The van der Waals surface area contributed by atoms with E-state index >= 15 is 0 Å². The Morgan fingerprint density at radius 2 is 1.85 bits per heavy atom. The van der Waals surface area contributed by atoms with Gasteiger partial charge in [0.25, 0.3) is 11.8 Å². The molecule has 0 unspecified atom stereocenters. The normalized spacial score (nSPS) is 21.5. The van der Waals surface area contributed by atoms with E-state index in [1.54, 1.807) is 12.1 Å². The molecule has 0 saturated carbocycles. The fourth-order valence-corrected chi connectivity index (χ4v) is 5.49. The zero-order chi connectivity index (χ0) is 24.1. The maximum absolute atomic E-state index is 14.4. The average Bonchev–Trinajstić information content (AvgIpc) is 2.71. The summed E-state index contributed by atoms with van der Waals surface area (Å²) in [5.74, 6) is -1.51. The zero-order valence-corrected chi connectivity index (χ0v) is 20.3. The van der Waals surface area contributed by atoms with Crippen LogP contribution in [0.15, 0.2) is 48.0 Å². The van der Waals surface area contributed by atoms with E-state index in [9.17, 15) is 14.0 Å². The van der Waals surface area contributed by atoms with Gasteiger partial charge in [0.15, 0.2) is 5.11 Å². The predicted molar refractivity (Wildman–Crippen MR) is 134 cm³/mol. The summed E-state index contributed by atoms with van der Waals surface area (Å²) in [7, 11) is 0. The number of benzene rings is 2. The molecule has 1 fully saturated rings. The molecule has 7 heteroatoms. The Balaban J connectivity index is 1.75. The number of fused-ring (bicyclic) bond motifs is 1. The highest BCUT2D eigenvalue weighted by Gasteiger charge is 2.38. The van der Waals surface area contributed by atoms with Gasteiger partial charge in [-0.1, -0.05) is 25.1 Å². The van der Waals surface area contributed by atoms with Crippen molar-refractivity contribution in [1.82, 2.24) is 5.32 Å². The molecule has 4 rings (SSSR count). The molecule has 2 aliphatic rings. The summed E-state index contributed by atoms with van der Waals surface area (Å²) < 4.78 is 14.4. The first-order valence-electron chi connectivity index (χ1n) is 11.1. The molecule has 0 aromatic heterocycles. The number of hydrogen-bond acceptors (Lipinski definition) is 4. The number of carbonyl (C=O) groups excluding carboxylic acids is 2. The Hall–Kier alpha value is -3.06. The van der Waals surface area contributed by atoms with E-state index in [0.717, 1.165) is 16.9 Å². The predicted octanol–water partition coefficient (Wildman–Crippen LogP) is 5.16. The number of carbonyl (C=O) groups is 2. The molecular formula is C26H28FN3O2S. The molecule has 0 spiro atoms. The molecule has 1 saturated heterocycles. The maximum Gasteiger partial charge on any atom is 0.270 e. The van der Waals surface area contributed by atoms with Crippen molar-refractivity contribution in [3.8, 4) is 0 Å². The Labute approximate surface area is 199 Å². The van der Waals surface area contributed by atoms with Crippen molar-refractivity contribution in [1.29, 1.82) is 0 Å². The standard InChI is InChI=1S/C26H28FN3O2S/c1-15(2)30-21-11-10-17(12-18(21)16(3)14-26(30,4)5)13-19-23(31)28-25(33)29(24(19)32)22-9-7-6-8-20(22)27/h6-13,15-16H,14H2,1-5H3,(H,28,31,33)/b19-13+/t16-/m0/s1. The lowest BCUT2D eigenvalue weighted by atomic mass is 9.78. The van der Waals surface area contributed by atoms with Crippen molar-refractivity contribution < 1.29 is 14.0 Å². The highest BCUT2D eigenvalue weighted by molar-refractivity contribution is 7.80. The minimum absolute atomic E-state index is 0.00673. The molecule has 2 aromatic carbocycles. The lowest BCUT2D eigenvalue weighted by molar-refractivity contribution is -0.122. The van der Waals surface area contributed by atoms with Crippen molar-refractivity contribution in [3.63, 3.8) is 0 Å². The van der Waals surface area contributed by atoms with E-state index in [4.69, 9.17) is 12.2 Å². The molecule has 172 valence electrons. The number of thiocarbonyl (C=S) groups is 1. The first kappa shape index (κ1) is 23.1. The summed E-state index contributed by atoms with van der Waals surface area (Å²) in [5, 5.41) is 2.38. The SMILES string of the molecule is CC(C)N1c2ccc(/C=C3\C(=O)NC(=S)N(c4ccccc4F)C3=O)cc2[C@@H](C)CC1(C)C. The van der Waals surface area contributed by atoms with Crippen LogP contribution in [0.1, 0.15) is 58.1 Å². The molecule has 33 heavy (non-hydrogen) atoms. The molecule has 5 nitrogen and oxygen atoms in total. The van der Waals surface area contributed by atoms with E-state index in [1.807, 2.05) is 12.1 Å². The second-order valence-corrected chi connectivity index (χ2v) is 10.00. The number of halogens is 1. The molecule has 2 amide bonds. The van der Waals surface area contributed by atoms with E-state index < -0.39 is 17.6 Å². The van der Waals surface area contributed by atoms with Crippen LogP contribution < -0.4 is 15.1 Å². The summed E-state index contributed by atoms with van der Waals surface area (Å²) in [6.45, 7) is 11.1. The van der Waals surface area contributed by atoms with Gasteiger partial charge in [0.2, 0.25) is 0 Å². The number of rotatable bonds is 3. The Bertz CT molecular complexity index is 1190. The van der Waals surface area contributed by atoms with Gasteiger partial charge in [-0.25, -0.2) is 9.29 Å². The van der Waals surface area contributed by atoms with Crippen LogP contribution in [-0.2, 0) is 9.59 Å². The number of nitrogens with one attached hydrogen (secondary N) is 1. The third-order valence-electron chi connectivity index (χ3n) is 6.32. The molecular weight excluding hydrogens is 437 g/mol. The Kier molecular flexibility index (Phi) is 5.86. The summed E-state index contributed by atoms with van der Waals surface area (Å²) in [6, 6.07) is 12.2. The highest BCUT2D eigenvalue weighted by atomic mass is 32.1. The van der Waals surface area contributed by atoms with E-state index in [0.29, 0.717) is 12.0 Å². The molecule has 2 aromatic rings. The topological polar surface area (TPSA) is 52.7 Å². The Morgan fingerprint density at radius 1 is 1.15 bits per heavy atom. The Morgan fingerprint density at radius 3 is 2.52 bits per heavy atom. The first-order chi connectivity index (χ1) is 15.5. The molecule has 1 N–H and O–H groups in total. The lowest BCUT2D eigenvalue weighted by Gasteiger charge is -2.50. The van der Waals surface area contributed by atoms with Crippen molar-refractivity contribution in [2.45, 2.75) is 58.5 Å². The van der Waals surface area contributed by atoms with Crippen molar-refractivity contribution >= 4 is 46.6 Å². The van der Waals surface area contributed by atoms with Crippen LogP contribution in [0.4, 0.5) is 15.8 Å². The van der Waals surface area contributed by atoms with Crippen LogP contribution in [-0.4, -0.2) is 28.5 Å². The van der Waals surface area contributed by atoms with Crippen LogP contribution in [0.3, 0.4) is 0 Å². The summed E-state index contributed by atoms with van der Waals surface area (Å²) in [6.07, 6.45) is 2.55. The van der Waals surface area contributed by atoms with Gasteiger partial charge >= 0.3 is 0 Å². The van der Waals surface area contributed by atoms with Gasteiger partial charge in [-0.05, 0) is 93.7 Å². The van der Waals surface area contributed by atoms with Gasteiger partial charge in [-0.2, -0.15) is 0 Å². The van der Waals surface area contributed by atoms with E-state index in [-0.39, 0.29) is 21.9 Å². The van der Waals surface area contributed by atoms with Gasteiger partial charge in [-0.15, -0.1) is 0 Å². The van der Waals surface area contributed by atoms with Crippen molar-refractivity contribution in [2.75, 3.05) is 9.80 Å². The average molecular weight is 466 g/mol. The summed E-state index contributed by atoms with van der Waals surface area (Å²) >= 11 is 5.17. The number of nitrogens with zero attached hydrogens (tertiary/aromatic N) is 2. The minimum Gasteiger partial charge on any atom is -0.364 e. The van der Waals surface area contributed by atoms with Gasteiger partial charge in [0.05, 0.1) is 5.69 Å². The van der Waals surface area contributed by atoms with Crippen LogP contribution in [0.2, 0.25) is 0 Å². The monoisotopic (exact) mass is 465 g/mol. The fourth-order valence-electron chi connectivity index (χ4n) is 5.21.